The Morgan fingerprint density at radius 3 is 2.31 bits per heavy atom. The van der Waals surface area contributed by atoms with E-state index in [2.05, 4.69) is 16.6 Å². The summed E-state index contributed by atoms with van der Waals surface area (Å²) < 4.78 is 0. The standard InChI is InChI=1S/C8H13N3O2/c1-4-5(2)10-8(13)11-6(3)7(9)12/h1,5-6H,2-3H3,(H2,9,12)(H2,10,11,13). The molecule has 5 heteroatoms. The number of rotatable bonds is 3. The van der Waals surface area contributed by atoms with Crippen molar-refractivity contribution in [3.63, 3.8) is 0 Å². The van der Waals surface area contributed by atoms with Crippen LogP contribution in [-0.2, 0) is 4.79 Å². The highest BCUT2D eigenvalue weighted by Crippen LogP contribution is 1.81. The van der Waals surface area contributed by atoms with Gasteiger partial charge in [-0.15, -0.1) is 6.42 Å². The molecule has 3 amide bonds. The minimum Gasteiger partial charge on any atom is -0.368 e. The van der Waals surface area contributed by atoms with Crippen molar-refractivity contribution in [3.8, 4) is 12.3 Å². The van der Waals surface area contributed by atoms with E-state index in [1.165, 1.54) is 6.92 Å². The number of hydrogen-bond donors (Lipinski definition) is 3. The van der Waals surface area contributed by atoms with E-state index in [1.54, 1.807) is 6.92 Å². The highest BCUT2D eigenvalue weighted by Gasteiger charge is 2.12. The fraction of sp³-hybridized carbons (Fsp3) is 0.500. The van der Waals surface area contributed by atoms with Crippen molar-refractivity contribution >= 4 is 11.9 Å². The summed E-state index contributed by atoms with van der Waals surface area (Å²) >= 11 is 0. The van der Waals surface area contributed by atoms with E-state index in [-0.39, 0.29) is 6.04 Å². The molecule has 0 spiro atoms. The third-order valence-electron chi connectivity index (χ3n) is 1.37. The van der Waals surface area contributed by atoms with Crippen molar-refractivity contribution in [3.05, 3.63) is 0 Å². The quantitative estimate of drug-likeness (QED) is 0.499. The molecule has 0 bridgehead atoms. The molecule has 0 aliphatic carbocycles. The third kappa shape index (κ3) is 4.69. The minimum atomic E-state index is -0.704. The van der Waals surface area contributed by atoms with E-state index in [0.29, 0.717) is 0 Å². The molecule has 0 saturated carbocycles. The number of hydrogen-bond acceptors (Lipinski definition) is 2. The first kappa shape index (κ1) is 11.3. The van der Waals surface area contributed by atoms with Crippen molar-refractivity contribution < 1.29 is 9.59 Å². The summed E-state index contributed by atoms with van der Waals surface area (Å²) in [5.74, 6) is 1.72. The van der Waals surface area contributed by atoms with Gasteiger partial charge in [0.2, 0.25) is 5.91 Å². The fourth-order valence-electron chi connectivity index (χ4n) is 0.548. The molecule has 72 valence electrons. The smallest absolute Gasteiger partial charge is 0.316 e. The van der Waals surface area contributed by atoms with Crippen LogP contribution in [0.25, 0.3) is 0 Å². The maximum Gasteiger partial charge on any atom is 0.316 e. The monoisotopic (exact) mass is 183 g/mol. The van der Waals surface area contributed by atoms with Gasteiger partial charge < -0.3 is 16.4 Å². The Morgan fingerprint density at radius 1 is 1.38 bits per heavy atom. The van der Waals surface area contributed by atoms with E-state index in [4.69, 9.17) is 12.2 Å². The first-order chi connectivity index (χ1) is 5.97. The van der Waals surface area contributed by atoms with Crippen molar-refractivity contribution in [1.29, 1.82) is 0 Å². The van der Waals surface area contributed by atoms with Gasteiger partial charge in [0.25, 0.3) is 0 Å². The number of nitrogens with two attached hydrogens (primary N) is 1. The largest absolute Gasteiger partial charge is 0.368 e. The van der Waals surface area contributed by atoms with E-state index < -0.39 is 18.0 Å². The molecule has 0 fully saturated rings. The van der Waals surface area contributed by atoms with Crippen LogP contribution >= 0.6 is 0 Å². The van der Waals surface area contributed by atoms with Crippen LogP contribution in [-0.4, -0.2) is 24.0 Å². The highest BCUT2D eigenvalue weighted by atomic mass is 16.2. The van der Waals surface area contributed by atoms with Gasteiger partial charge in [0, 0.05) is 0 Å². The summed E-state index contributed by atoms with van der Waals surface area (Å²) in [5.41, 5.74) is 4.93. The number of amides is 3. The van der Waals surface area contributed by atoms with E-state index in [0.717, 1.165) is 0 Å². The van der Waals surface area contributed by atoms with Crippen LogP contribution in [0.2, 0.25) is 0 Å². The number of carbonyl (C=O) groups excluding carboxylic acids is 2. The van der Waals surface area contributed by atoms with Crippen molar-refractivity contribution in [2.75, 3.05) is 0 Å². The summed E-state index contributed by atoms with van der Waals surface area (Å²) in [7, 11) is 0. The number of primary amides is 1. The fourth-order valence-corrected chi connectivity index (χ4v) is 0.548. The summed E-state index contributed by atoms with van der Waals surface area (Å²) in [4.78, 5) is 21.5. The molecule has 0 radical (unpaired) electrons. The first-order valence-corrected chi connectivity index (χ1v) is 3.79. The second-order valence-corrected chi connectivity index (χ2v) is 2.63. The Balaban J connectivity index is 3.89. The number of nitrogens with one attached hydrogen (secondary N) is 2. The average molecular weight is 183 g/mol. The van der Waals surface area contributed by atoms with Crippen LogP contribution in [0.15, 0.2) is 0 Å². The van der Waals surface area contributed by atoms with Crippen molar-refractivity contribution in [2.24, 2.45) is 5.73 Å². The molecule has 13 heavy (non-hydrogen) atoms. The molecule has 2 atom stereocenters. The van der Waals surface area contributed by atoms with Crippen LogP contribution in [0.4, 0.5) is 4.79 Å². The maximum atomic E-state index is 11.0. The third-order valence-corrected chi connectivity index (χ3v) is 1.37. The molecule has 0 aromatic rings. The summed E-state index contributed by atoms with van der Waals surface area (Å²) in [6, 6.07) is -1.58. The summed E-state index contributed by atoms with van der Waals surface area (Å²) in [6.45, 7) is 3.14. The predicted molar refractivity (Wildman–Crippen MR) is 48.6 cm³/mol. The molecule has 2 unspecified atom stereocenters. The van der Waals surface area contributed by atoms with Crippen LogP contribution in [0.5, 0.6) is 0 Å². The van der Waals surface area contributed by atoms with Gasteiger partial charge in [-0.25, -0.2) is 4.79 Å². The molecule has 0 aromatic carbocycles. The highest BCUT2D eigenvalue weighted by molar-refractivity contribution is 5.85. The molecular weight excluding hydrogens is 170 g/mol. The Labute approximate surface area is 77.1 Å². The van der Waals surface area contributed by atoms with Crippen LogP contribution in [0, 0.1) is 12.3 Å². The van der Waals surface area contributed by atoms with Gasteiger partial charge in [-0.1, -0.05) is 5.92 Å². The normalized spacial score (nSPS) is 13.6. The van der Waals surface area contributed by atoms with Gasteiger partial charge in [0.15, 0.2) is 0 Å². The Morgan fingerprint density at radius 2 is 1.92 bits per heavy atom. The number of terminal acetylenes is 1. The molecule has 0 aliphatic heterocycles. The second-order valence-electron chi connectivity index (χ2n) is 2.63. The Kier molecular flexibility index (Phi) is 4.38. The molecule has 0 heterocycles. The molecule has 0 aliphatic rings. The van der Waals surface area contributed by atoms with E-state index >= 15 is 0 Å². The van der Waals surface area contributed by atoms with Gasteiger partial charge in [0.1, 0.15) is 6.04 Å². The Bertz CT molecular complexity index is 244. The lowest BCUT2D eigenvalue weighted by atomic mass is 10.3. The lowest BCUT2D eigenvalue weighted by molar-refractivity contribution is -0.119. The molecule has 0 saturated heterocycles. The second kappa shape index (κ2) is 5.04. The summed E-state index contributed by atoms with van der Waals surface area (Å²) in [6.07, 6.45) is 5.03. The molecular formula is C8H13N3O2. The van der Waals surface area contributed by atoms with Gasteiger partial charge in [-0.2, -0.15) is 0 Å². The van der Waals surface area contributed by atoms with Gasteiger partial charge in [0.05, 0.1) is 6.04 Å². The number of urea groups is 1. The van der Waals surface area contributed by atoms with Gasteiger partial charge in [-0.3, -0.25) is 4.79 Å². The number of carbonyl (C=O) groups is 2. The zero-order valence-corrected chi connectivity index (χ0v) is 7.63. The lowest BCUT2D eigenvalue weighted by Gasteiger charge is -2.12. The minimum absolute atomic E-state index is 0.375. The first-order valence-electron chi connectivity index (χ1n) is 3.79. The van der Waals surface area contributed by atoms with Gasteiger partial charge >= 0.3 is 6.03 Å². The van der Waals surface area contributed by atoms with Crippen molar-refractivity contribution in [1.82, 2.24) is 10.6 Å². The van der Waals surface area contributed by atoms with Crippen LogP contribution < -0.4 is 16.4 Å². The molecule has 5 nitrogen and oxygen atoms in total. The lowest BCUT2D eigenvalue weighted by Crippen LogP contribution is -2.48. The predicted octanol–water partition coefficient (Wildman–Crippen LogP) is -0.819. The molecule has 0 aromatic heterocycles. The summed E-state index contributed by atoms with van der Waals surface area (Å²) in [5, 5.41) is 4.75. The SMILES string of the molecule is C#CC(C)NC(=O)NC(C)C(N)=O. The maximum absolute atomic E-state index is 11.0. The molecule has 4 N–H and O–H groups in total. The van der Waals surface area contributed by atoms with Crippen LogP contribution in [0.3, 0.4) is 0 Å². The van der Waals surface area contributed by atoms with Gasteiger partial charge in [-0.05, 0) is 13.8 Å². The van der Waals surface area contributed by atoms with E-state index in [9.17, 15) is 9.59 Å². The van der Waals surface area contributed by atoms with Crippen LogP contribution in [0.1, 0.15) is 13.8 Å². The molecule has 0 rings (SSSR count). The topological polar surface area (TPSA) is 84.2 Å². The van der Waals surface area contributed by atoms with E-state index in [1.807, 2.05) is 0 Å². The Hall–Kier alpha value is -1.70. The van der Waals surface area contributed by atoms with Crippen molar-refractivity contribution in [2.45, 2.75) is 25.9 Å². The zero-order valence-electron chi connectivity index (χ0n) is 7.63. The average Bonchev–Trinajstić information content (AvgIpc) is 2.03. The zero-order chi connectivity index (χ0) is 10.4.